The van der Waals surface area contributed by atoms with Crippen LogP contribution in [0.3, 0.4) is 0 Å². The average Bonchev–Trinajstić information content (AvgIpc) is 2.30. The molecule has 0 saturated carbocycles. The molecule has 0 spiro atoms. The SMILES string of the molecule is C1=Cc2cccc3cccc(c23)C1.O=S(O)O. The summed E-state index contributed by atoms with van der Waals surface area (Å²) in [7, 11) is 0. The number of allylic oxidation sites excluding steroid dienone is 1. The van der Waals surface area contributed by atoms with Crippen LogP contribution in [0, 0.1) is 0 Å². The molecule has 0 amide bonds. The number of benzene rings is 2. The van der Waals surface area contributed by atoms with Crippen molar-refractivity contribution in [2.45, 2.75) is 6.42 Å². The molecule has 4 heteroatoms. The summed E-state index contributed by atoms with van der Waals surface area (Å²) in [6.07, 6.45) is 5.53. The summed E-state index contributed by atoms with van der Waals surface area (Å²) in [5, 5.41) is 2.80. The Balaban J connectivity index is 0.000000239. The lowest BCUT2D eigenvalue weighted by atomic mass is 9.93. The molecule has 2 aromatic rings. The maximum atomic E-state index is 8.67. The fourth-order valence-corrected chi connectivity index (χ4v) is 2.07. The number of hydrogen-bond donors (Lipinski definition) is 2. The van der Waals surface area contributed by atoms with E-state index < -0.39 is 11.4 Å². The minimum atomic E-state index is -2.61. The van der Waals surface area contributed by atoms with E-state index in [2.05, 4.69) is 48.6 Å². The first kappa shape index (κ1) is 12.0. The zero-order chi connectivity index (χ0) is 12.3. The van der Waals surface area contributed by atoms with Crippen LogP contribution in [-0.2, 0) is 17.8 Å². The molecule has 3 rings (SSSR count). The fraction of sp³-hybridized carbons (Fsp3) is 0.0769. The largest absolute Gasteiger partial charge is 0.299 e. The lowest BCUT2D eigenvalue weighted by Crippen LogP contribution is -1.91. The van der Waals surface area contributed by atoms with Crippen molar-refractivity contribution in [2.75, 3.05) is 0 Å². The zero-order valence-electron chi connectivity index (χ0n) is 9.04. The van der Waals surface area contributed by atoms with Crippen LogP contribution in [0.5, 0.6) is 0 Å². The molecular weight excluding hydrogens is 236 g/mol. The Morgan fingerprint density at radius 1 is 1.06 bits per heavy atom. The fourth-order valence-electron chi connectivity index (χ4n) is 2.07. The zero-order valence-corrected chi connectivity index (χ0v) is 9.85. The highest BCUT2D eigenvalue weighted by molar-refractivity contribution is 7.73. The summed E-state index contributed by atoms with van der Waals surface area (Å²) in [4.78, 5) is 0. The van der Waals surface area contributed by atoms with E-state index in [-0.39, 0.29) is 0 Å². The minimum absolute atomic E-state index is 1.08. The normalized spacial score (nSPS) is 12.4. The minimum Gasteiger partial charge on any atom is -0.284 e. The van der Waals surface area contributed by atoms with Crippen molar-refractivity contribution in [3.05, 3.63) is 53.6 Å². The summed E-state index contributed by atoms with van der Waals surface area (Å²) in [5.41, 5.74) is 2.81. The van der Waals surface area contributed by atoms with Gasteiger partial charge in [0.1, 0.15) is 0 Å². The number of hydrogen-bond acceptors (Lipinski definition) is 1. The first-order valence-electron chi connectivity index (χ1n) is 5.15. The van der Waals surface area contributed by atoms with Crippen molar-refractivity contribution in [1.82, 2.24) is 0 Å². The third-order valence-electron chi connectivity index (χ3n) is 2.66. The van der Waals surface area contributed by atoms with E-state index >= 15 is 0 Å². The van der Waals surface area contributed by atoms with Crippen molar-refractivity contribution in [3.63, 3.8) is 0 Å². The van der Waals surface area contributed by atoms with Crippen molar-refractivity contribution in [1.29, 1.82) is 0 Å². The van der Waals surface area contributed by atoms with Gasteiger partial charge in [-0.25, -0.2) is 0 Å². The predicted molar refractivity (Wildman–Crippen MR) is 70.1 cm³/mol. The van der Waals surface area contributed by atoms with Gasteiger partial charge in [-0.15, -0.1) is 0 Å². The molecule has 0 aromatic heterocycles. The molecule has 0 aliphatic heterocycles. The molecule has 1 aliphatic rings. The lowest BCUT2D eigenvalue weighted by molar-refractivity contribution is 0.454. The maximum Gasteiger partial charge on any atom is 0.299 e. The smallest absolute Gasteiger partial charge is 0.284 e. The van der Waals surface area contributed by atoms with Gasteiger partial charge in [0.2, 0.25) is 0 Å². The highest BCUT2D eigenvalue weighted by atomic mass is 32.2. The second-order valence-electron chi connectivity index (χ2n) is 3.70. The Morgan fingerprint density at radius 3 is 2.41 bits per heavy atom. The maximum absolute atomic E-state index is 8.67. The van der Waals surface area contributed by atoms with E-state index in [1.165, 1.54) is 21.9 Å². The summed E-state index contributed by atoms with van der Waals surface area (Å²) in [6.45, 7) is 0. The van der Waals surface area contributed by atoms with Crippen molar-refractivity contribution >= 4 is 28.2 Å². The third-order valence-corrected chi connectivity index (χ3v) is 2.66. The second kappa shape index (κ2) is 5.23. The van der Waals surface area contributed by atoms with Gasteiger partial charge in [-0.1, -0.05) is 48.6 Å². The Hall–Kier alpha value is -1.49. The van der Waals surface area contributed by atoms with Crippen LogP contribution in [-0.4, -0.2) is 13.3 Å². The monoisotopic (exact) mass is 248 g/mol. The van der Waals surface area contributed by atoms with Gasteiger partial charge in [0, 0.05) is 0 Å². The third kappa shape index (κ3) is 2.79. The first-order valence-corrected chi connectivity index (χ1v) is 6.22. The van der Waals surface area contributed by atoms with Crippen LogP contribution in [0.15, 0.2) is 42.5 Å². The van der Waals surface area contributed by atoms with Crippen LogP contribution in [0.1, 0.15) is 11.1 Å². The van der Waals surface area contributed by atoms with Gasteiger partial charge >= 0.3 is 0 Å². The van der Waals surface area contributed by atoms with Gasteiger partial charge in [-0.2, -0.15) is 4.21 Å². The molecule has 88 valence electrons. The van der Waals surface area contributed by atoms with E-state index in [0.717, 1.165) is 6.42 Å². The van der Waals surface area contributed by atoms with Crippen LogP contribution in [0.25, 0.3) is 16.8 Å². The van der Waals surface area contributed by atoms with Gasteiger partial charge in [-0.05, 0) is 28.3 Å². The van der Waals surface area contributed by atoms with Gasteiger partial charge in [0.05, 0.1) is 0 Å². The Labute approximate surface area is 102 Å². The van der Waals surface area contributed by atoms with Crippen LogP contribution >= 0.6 is 0 Å². The lowest BCUT2D eigenvalue weighted by Gasteiger charge is -2.11. The molecule has 2 aromatic carbocycles. The summed E-state index contributed by atoms with van der Waals surface area (Å²) < 4.78 is 22.8. The quantitative estimate of drug-likeness (QED) is 0.704. The van der Waals surface area contributed by atoms with E-state index in [4.69, 9.17) is 13.3 Å². The molecule has 0 fully saturated rings. The van der Waals surface area contributed by atoms with Gasteiger partial charge < -0.3 is 0 Å². The molecule has 17 heavy (non-hydrogen) atoms. The molecule has 0 radical (unpaired) electrons. The second-order valence-corrected chi connectivity index (χ2v) is 4.16. The molecule has 2 N–H and O–H groups in total. The van der Waals surface area contributed by atoms with E-state index in [0.29, 0.717) is 0 Å². The van der Waals surface area contributed by atoms with Crippen molar-refractivity contribution in [2.24, 2.45) is 0 Å². The van der Waals surface area contributed by atoms with E-state index in [1.54, 1.807) is 0 Å². The van der Waals surface area contributed by atoms with Crippen molar-refractivity contribution in [3.8, 4) is 0 Å². The van der Waals surface area contributed by atoms with Gasteiger partial charge in [-0.3, -0.25) is 9.11 Å². The molecule has 0 bridgehead atoms. The molecule has 0 unspecified atom stereocenters. The molecule has 0 heterocycles. The first-order chi connectivity index (χ1) is 8.18. The molecule has 3 nitrogen and oxygen atoms in total. The Morgan fingerprint density at radius 2 is 1.71 bits per heavy atom. The molecular formula is C13H12O3S. The standard InChI is InChI=1S/C13H10.H2O3S/c1-4-10-6-2-8-12-9-3-7-11(5-1)13(10)12;1-4(2)3/h1-8H,9H2;(H2,1,2,3). The van der Waals surface area contributed by atoms with E-state index in [1.807, 2.05) is 0 Å². The highest BCUT2D eigenvalue weighted by Gasteiger charge is 2.06. The molecule has 1 aliphatic carbocycles. The molecule has 0 saturated heterocycles. The number of rotatable bonds is 0. The average molecular weight is 248 g/mol. The summed E-state index contributed by atoms with van der Waals surface area (Å²) in [6, 6.07) is 13.0. The van der Waals surface area contributed by atoms with E-state index in [9.17, 15) is 0 Å². The Bertz CT molecular complexity index is 581. The Kier molecular flexibility index (Phi) is 3.68. The predicted octanol–water partition coefficient (Wildman–Crippen LogP) is 3.09. The van der Waals surface area contributed by atoms with Crippen LogP contribution in [0.2, 0.25) is 0 Å². The van der Waals surface area contributed by atoms with Gasteiger partial charge in [0.15, 0.2) is 0 Å². The van der Waals surface area contributed by atoms with Crippen molar-refractivity contribution < 1.29 is 13.3 Å². The summed E-state index contributed by atoms with van der Waals surface area (Å²) in [5.74, 6) is 0. The summed E-state index contributed by atoms with van der Waals surface area (Å²) >= 11 is -2.61. The highest BCUT2D eigenvalue weighted by Crippen LogP contribution is 2.27. The molecule has 0 atom stereocenters. The van der Waals surface area contributed by atoms with Gasteiger partial charge in [0.25, 0.3) is 11.4 Å². The van der Waals surface area contributed by atoms with Crippen LogP contribution in [0.4, 0.5) is 0 Å². The topological polar surface area (TPSA) is 57.5 Å². The van der Waals surface area contributed by atoms with Crippen LogP contribution < -0.4 is 0 Å².